The topological polar surface area (TPSA) is 118 Å². The number of fused-ring (bicyclic) bond motifs is 3. The van der Waals surface area contributed by atoms with Crippen LogP contribution in [0, 0.1) is 23.1 Å². The van der Waals surface area contributed by atoms with Gasteiger partial charge in [0, 0.05) is 47.3 Å². The van der Waals surface area contributed by atoms with E-state index >= 15 is 0 Å². The third kappa shape index (κ3) is 6.05. The number of amides is 2. The van der Waals surface area contributed by atoms with Crippen molar-refractivity contribution in [1.82, 2.24) is 15.2 Å². The van der Waals surface area contributed by atoms with Gasteiger partial charge in [-0.2, -0.15) is 0 Å². The average molecular weight is 588 g/mol. The van der Waals surface area contributed by atoms with Crippen molar-refractivity contribution in [3.8, 4) is 11.1 Å². The summed E-state index contributed by atoms with van der Waals surface area (Å²) in [7, 11) is 0. The zero-order valence-electron chi connectivity index (χ0n) is 25.1. The molecule has 8 nitrogen and oxygen atoms in total. The molecule has 43 heavy (non-hydrogen) atoms. The van der Waals surface area contributed by atoms with Crippen LogP contribution in [0.25, 0.3) is 22.0 Å². The predicted molar refractivity (Wildman–Crippen MR) is 167 cm³/mol. The van der Waals surface area contributed by atoms with Gasteiger partial charge in [0.25, 0.3) is 5.91 Å². The van der Waals surface area contributed by atoms with Gasteiger partial charge in [-0.3, -0.25) is 19.0 Å². The first-order valence-corrected chi connectivity index (χ1v) is 15.6. The number of aromatic nitrogens is 1. The second-order valence-corrected chi connectivity index (χ2v) is 13.5. The smallest absolute Gasteiger partial charge is 0.250 e. The van der Waals surface area contributed by atoms with Crippen molar-refractivity contribution < 1.29 is 18.8 Å². The maximum absolute atomic E-state index is 14.4. The summed E-state index contributed by atoms with van der Waals surface area (Å²) in [6.45, 7) is 6.67. The first kappa shape index (κ1) is 29.4. The zero-order valence-corrected chi connectivity index (χ0v) is 25.1. The molecular weight excluding hydrogens is 545 g/mol. The first-order chi connectivity index (χ1) is 20.6. The van der Waals surface area contributed by atoms with Crippen molar-refractivity contribution in [1.29, 1.82) is 0 Å². The van der Waals surface area contributed by atoms with E-state index in [1.165, 1.54) is 12.1 Å². The Morgan fingerprint density at radius 1 is 1.02 bits per heavy atom. The minimum absolute atomic E-state index is 0.0381. The molecule has 0 unspecified atom stereocenters. The van der Waals surface area contributed by atoms with Crippen molar-refractivity contribution in [2.75, 3.05) is 25.0 Å². The van der Waals surface area contributed by atoms with Gasteiger partial charge in [-0.1, -0.05) is 19.9 Å². The lowest BCUT2D eigenvalue weighted by atomic mass is 9.80. The van der Waals surface area contributed by atoms with Gasteiger partial charge in [-0.15, -0.1) is 0 Å². The molecule has 0 radical (unpaired) electrons. The highest BCUT2D eigenvalue weighted by molar-refractivity contribution is 6.06. The summed E-state index contributed by atoms with van der Waals surface area (Å²) in [6.07, 6.45) is 6.66. The van der Waals surface area contributed by atoms with Crippen molar-refractivity contribution >= 4 is 34.3 Å². The molecule has 228 valence electrons. The van der Waals surface area contributed by atoms with Crippen LogP contribution in [0.5, 0.6) is 0 Å². The monoisotopic (exact) mass is 587 g/mol. The van der Waals surface area contributed by atoms with E-state index in [0.29, 0.717) is 42.1 Å². The number of carbonyl (C=O) groups excluding carboxylic acids is 3. The molecule has 2 aromatic carbocycles. The number of nitrogens with one attached hydrogen (secondary N) is 3. The Bertz CT molecular complexity index is 1560. The molecule has 2 amide bonds. The lowest BCUT2D eigenvalue weighted by Gasteiger charge is -2.31. The van der Waals surface area contributed by atoms with Crippen LogP contribution in [-0.4, -0.2) is 48.0 Å². The van der Waals surface area contributed by atoms with Crippen LogP contribution in [-0.2, 0) is 11.2 Å². The molecule has 3 aliphatic rings. The van der Waals surface area contributed by atoms with Crippen molar-refractivity contribution in [2.24, 2.45) is 23.0 Å². The molecule has 0 spiro atoms. The largest absolute Gasteiger partial charge is 0.382 e. The number of anilines is 1. The molecule has 1 saturated carbocycles. The van der Waals surface area contributed by atoms with Crippen molar-refractivity contribution in [3.05, 3.63) is 53.5 Å². The summed E-state index contributed by atoms with van der Waals surface area (Å²) < 4.78 is 16.0. The standard InChI is InChI=1S/C34H42FN5O3/c1-34(2)17-29-31(26-10-6-23(35)16-28(26)40(29)30(41)18-34)22-5-9-25(32(36)42)27(15-22)39-24-7-3-20(4-8-24)19-38-33(43)21-11-13-37-14-12-21/h5-6,9-10,15-16,20-21,24,37,39H,3-4,7-8,11-14,17-19H2,1-2H3,(H2,36,42)(H,38,43). The molecule has 5 N–H and O–H groups in total. The van der Waals surface area contributed by atoms with E-state index in [4.69, 9.17) is 5.73 Å². The number of hydrogen-bond donors (Lipinski definition) is 4. The molecule has 1 aliphatic carbocycles. The zero-order chi connectivity index (χ0) is 30.3. The van der Waals surface area contributed by atoms with E-state index in [1.807, 2.05) is 12.1 Å². The molecule has 0 atom stereocenters. The molecular formula is C34H42FN5O3. The molecule has 1 saturated heterocycles. The van der Waals surface area contributed by atoms with Gasteiger partial charge in [-0.05, 0) is 105 Å². The molecule has 0 bridgehead atoms. The van der Waals surface area contributed by atoms with Crippen LogP contribution < -0.4 is 21.7 Å². The Morgan fingerprint density at radius 2 is 1.77 bits per heavy atom. The fourth-order valence-electron chi connectivity index (χ4n) is 7.33. The van der Waals surface area contributed by atoms with Crippen LogP contribution >= 0.6 is 0 Å². The number of rotatable bonds is 7. The number of hydrogen-bond acceptors (Lipinski definition) is 5. The van der Waals surface area contributed by atoms with Gasteiger partial charge < -0.3 is 21.7 Å². The van der Waals surface area contributed by atoms with E-state index in [0.717, 1.165) is 73.8 Å². The van der Waals surface area contributed by atoms with Gasteiger partial charge >= 0.3 is 0 Å². The highest BCUT2D eigenvalue weighted by Crippen LogP contribution is 2.44. The van der Waals surface area contributed by atoms with Crippen LogP contribution in [0.3, 0.4) is 0 Å². The number of benzene rings is 2. The number of nitrogens with two attached hydrogens (primary N) is 1. The second-order valence-electron chi connectivity index (χ2n) is 13.5. The Hall–Kier alpha value is -3.72. The normalized spacial score (nSPS) is 22.3. The summed E-state index contributed by atoms with van der Waals surface area (Å²) in [5.74, 6) is -0.200. The SMILES string of the molecule is CC1(C)CC(=O)n2c(c(-c3ccc(C(N)=O)c(NC4CCC(CNC(=O)C5CCNCC5)CC4)c3)c3ccc(F)cc32)C1. The maximum atomic E-state index is 14.4. The minimum atomic E-state index is -0.509. The number of halogens is 1. The van der Waals surface area contributed by atoms with E-state index in [1.54, 1.807) is 16.7 Å². The van der Waals surface area contributed by atoms with Crippen molar-refractivity contribution in [3.63, 3.8) is 0 Å². The number of piperidine rings is 1. The highest BCUT2D eigenvalue weighted by atomic mass is 19.1. The molecule has 3 aromatic rings. The number of carbonyl (C=O) groups is 3. The first-order valence-electron chi connectivity index (χ1n) is 15.6. The number of nitrogens with zero attached hydrogens (tertiary/aromatic N) is 1. The minimum Gasteiger partial charge on any atom is -0.382 e. The lowest BCUT2D eigenvalue weighted by Crippen LogP contribution is -2.40. The van der Waals surface area contributed by atoms with E-state index in [-0.39, 0.29) is 35.0 Å². The van der Waals surface area contributed by atoms with Gasteiger partial charge in [0.05, 0.1) is 11.1 Å². The summed E-state index contributed by atoms with van der Waals surface area (Å²) in [4.78, 5) is 38.3. The van der Waals surface area contributed by atoms with E-state index < -0.39 is 5.91 Å². The summed E-state index contributed by atoms with van der Waals surface area (Å²) >= 11 is 0. The van der Waals surface area contributed by atoms with E-state index in [9.17, 15) is 18.8 Å². The second kappa shape index (κ2) is 11.8. The summed E-state index contributed by atoms with van der Waals surface area (Å²) in [5, 5.41) is 10.9. The lowest BCUT2D eigenvalue weighted by molar-refractivity contribution is -0.126. The summed E-state index contributed by atoms with van der Waals surface area (Å²) in [6, 6.07) is 10.3. The molecule has 3 heterocycles. The Morgan fingerprint density at radius 3 is 2.49 bits per heavy atom. The Balaban J connectivity index is 1.22. The fourth-order valence-corrected chi connectivity index (χ4v) is 7.33. The predicted octanol–water partition coefficient (Wildman–Crippen LogP) is 5.25. The third-order valence-corrected chi connectivity index (χ3v) is 9.61. The van der Waals surface area contributed by atoms with Crippen LogP contribution in [0.15, 0.2) is 36.4 Å². The molecule has 2 aliphatic heterocycles. The van der Waals surface area contributed by atoms with Crippen LogP contribution in [0.1, 0.15) is 79.6 Å². The van der Waals surface area contributed by atoms with Gasteiger partial charge in [0.2, 0.25) is 11.8 Å². The molecule has 6 rings (SSSR count). The van der Waals surface area contributed by atoms with Gasteiger partial charge in [-0.25, -0.2) is 4.39 Å². The van der Waals surface area contributed by atoms with Crippen molar-refractivity contribution in [2.45, 2.75) is 71.3 Å². The molecule has 2 fully saturated rings. The Kier molecular flexibility index (Phi) is 8.02. The quantitative estimate of drug-likeness (QED) is 0.301. The number of primary amides is 1. The molecule has 1 aromatic heterocycles. The van der Waals surface area contributed by atoms with Crippen LogP contribution in [0.2, 0.25) is 0 Å². The Labute approximate surface area is 252 Å². The maximum Gasteiger partial charge on any atom is 0.250 e. The average Bonchev–Trinajstić information content (AvgIpc) is 3.29. The third-order valence-electron chi connectivity index (χ3n) is 9.61. The van der Waals surface area contributed by atoms with Gasteiger partial charge in [0.1, 0.15) is 5.82 Å². The molecule has 9 heteroatoms. The van der Waals surface area contributed by atoms with Crippen LogP contribution in [0.4, 0.5) is 10.1 Å². The highest BCUT2D eigenvalue weighted by Gasteiger charge is 2.35. The van der Waals surface area contributed by atoms with E-state index in [2.05, 4.69) is 29.8 Å². The fraction of sp³-hybridized carbons (Fsp3) is 0.500. The van der Waals surface area contributed by atoms with Gasteiger partial charge in [0.15, 0.2) is 0 Å². The summed E-state index contributed by atoms with van der Waals surface area (Å²) in [5.41, 5.74) is 9.85.